The van der Waals surface area contributed by atoms with Gasteiger partial charge >= 0.3 is 0 Å². The summed E-state index contributed by atoms with van der Waals surface area (Å²) in [6.07, 6.45) is 0. The van der Waals surface area contributed by atoms with Crippen LogP contribution in [0.15, 0.2) is 29.2 Å². The molecule has 1 aromatic carbocycles. The molecule has 0 saturated heterocycles. The van der Waals surface area contributed by atoms with Crippen LogP contribution in [0.5, 0.6) is 0 Å². The van der Waals surface area contributed by atoms with E-state index in [0.717, 1.165) is 18.7 Å². The average molecular weight is 298 g/mol. The third-order valence-electron chi connectivity index (χ3n) is 3.21. The Labute approximate surface area is 123 Å². The van der Waals surface area contributed by atoms with Crippen molar-refractivity contribution in [2.45, 2.75) is 45.2 Å². The van der Waals surface area contributed by atoms with Gasteiger partial charge in [0.05, 0.1) is 4.90 Å². The molecule has 1 aromatic rings. The molecule has 114 valence electrons. The summed E-state index contributed by atoms with van der Waals surface area (Å²) >= 11 is 0. The van der Waals surface area contributed by atoms with Gasteiger partial charge in [-0.05, 0) is 44.0 Å². The highest BCUT2D eigenvalue weighted by atomic mass is 32.2. The lowest BCUT2D eigenvalue weighted by molar-refractivity contribution is 0.410. The molecule has 0 aliphatic heterocycles. The van der Waals surface area contributed by atoms with Crippen molar-refractivity contribution in [2.75, 3.05) is 13.6 Å². The first-order valence-corrected chi connectivity index (χ1v) is 8.47. The molecule has 0 saturated carbocycles. The number of sulfonamides is 1. The van der Waals surface area contributed by atoms with Crippen LogP contribution in [0.25, 0.3) is 0 Å². The predicted molar refractivity (Wildman–Crippen MR) is 83.1 cm³/mol. The zero-order valence-corrected chi connectivity index (χ0v) is 13.9. The van der Waals surface area contributed by atoms with Gasteiger partial charge in [-0.25, -0.2) is 8.42 Å². The smallest absolute Gasteiger partial charge is 0.243 e. The van der Waals surface area contributed by atoms with Crippen LogP contribution in [0, 0.1) is 5.92 Å². The number of benzene rings is 1. The molecule has 0 aromatic heterocycles. The van der Waals surface area contributed by atoms with Crippen LogP contribution >= 0.6 is 0 Å². The van der Waals surface area contributed by atoms with Crippen LogP contribution in [0.4, 0.5) is 0 Å². The summed E-state index contributed by atoms with van der Waals surface area (Å²) in [5, 5.41) is 3.34. The fourth-order valence-corrected chi connectivity index (χ4v) is 3.10. The Morgan fingerprint density at radius 2 is 1.65 bits per heavy atom. The molecule has 0 fully saturated rings. The Balaban J connectivity index is 2.76. The van der Waals surface area contributed by atoms with E-state index in [-0.39, 0.29) is 6.04 Å². The lowest BCUT2D eigenvalue weighted by atomic mass is 10.2. The third-order valence-corrected chi connectivity index (χ3v) is 5.26. The van der Waals surface area contributed by atoms with E-state index in [4.69, 9.17) is 0 Å². The molecule has 1 N–H and O–H groups in total. The molecular weight excluding hydrogens is 272 g/mol. The fraction of sp³-hybridized carbons (Fsp3) is 0.600. The fourth-order valence-electron chi connectivity index (χ4n) is 1.73. The van der Waals surface area contributed by atoms with Crippen molar-refractivity contribution in [1.29, 1.82) is 0 Å². The number of rotatable bonds is 7. The number of hydrogen-bond acceptors (Lipinski definition) is 3. The molecule has 0 atom stereocenters. The lowest BCUT2D eigenvalue weighted by Crippen LogP contribution is -2.33. The Kier molecular flexibility index (Phi) is 6.17. The Morgan fingerprint density at radius 3 is 2.10 bits per heavy atom. The molecule has 0 radical (unpaired) electrons. The van der Waals surface area contributed by atoms with E-state index in [1.165, 1.54) is 4.31 Å². The second-order valence-corrected chi connectivity index (χ2v) is 7.78. The van der Waals surface area contributed by atoms with Crippen LogP contribution in [0.1, 0.15) is 33.3 Å². The van der Waals surface area contributed by atoms with Crippen LogP contribution in [-0.2, 0) is 16.6 Å². The van der Waals surface area contributed by atoms with E-state index in [1.807, 2.05) is 26.0 Å². The predicted octanol–water partition coefficient (Wildman–Crippen LogP) is 2.46. The van der Waals surface area contributed by atoms with Crippen LogP contribution < -0.4 is 5.32 Å². The van der Waals surface area contributed by atoms with Crippen LogP contribution in [-0.4, -0.2) is 32.4 Å². The third kappa shape index (κ3) is 4.58. The largest absolute Gasteiger partial charge is 0.312 e. The van der Waals surface area contributed by atoms with Gasteiger partial charge in [0.2, 0.25) is 10.0 Å². The maximum absolute atomic E-state index is 12.3. The minimum atomic E-state index is -3.38. The summed E-state index contributed by atoms with van der Waals surface area (Å²) < 4.78 is 26.0. The van der Waals surface area contributed by atoms with Crippen molar-refractivity contribution in [3.05, 3.63) is 29.8 Å². The zero-order valence-electron chi connectivity index (χ0n) is 13.1. The molecule has 0 amide bonds. The lowest BCUT2D eigenvalue weighted by Gasteiger charge is -2.21. The van der Waals surface area contributed by atoms with Crippen LogP contribution in [0.3, 0.4) is 0 Å². The maximum atomic E-state index is 12.3. The summed E-state index contributed by atoms with van der Waals surface area (Å²) in [5.74, 6) is 0.606. The Morgan fingerprint density at radius 1 is 1.10 bits per heavy atom. The first kappa shape index (κ1) is 17.1. The normalized spacial score (nSPS) is 12.6. The molecule has 4 nitrogen and oxygen atoms in total. The Bertz CT molecular complexity index is 507. The minimum Gasteiger partial charge on any atom is -0.312 e. The van der Waals surface area contributed by atoms with Gasteiger partial charge in [-0.3, -0.25) is 0 Å². The topological polar surface area (TPSA) is 49.4 Å². The van der Waals surface area contributed by atoms with E-state index in [0.29, 0.717) is 10.8 Å². The van der Waals surface area contributed by atoms with E-state index in [9.17, 15) is 8.42 Å². The molecule has 0 spiro atoms. The zero-order chi connectivity index (χ0) is 15.3. The van der Waals surface area contributed by atoms with E-state index < -0.39 is 10.0 Å². The summed E-state index contributed by atoms with van der Waals surface area (Å²) in [5.41, 5.74) is 1.09. The van der Waals surface area contributed by atoms with Crippen molar-refractivity contribution >= 4 is 10.0 Å². The Hall–Kier alpha value is -0.910. The molecule has 0 aliphatic rings. The van der Waals surface area contributed by atoms with Gasteiger partial charge in [-0.1, -0.05) is 26.0 Å². The standard InChI is InChI=1S/C15H26N2O2S/c1-12(2)10-16-11-14-6-8-15(9-7-14)20(18,19)17(5)13(3)4/h6-9,12-13,16H,10-11H2,1-5H3. The first-order chi connectivity index (χ1) is 9.25. The van der Waals surface area contributed by atoms with Gasteiger partial charge in [-0.2, -0.15) is 4.31 Å². The molecule has 0 aliphatic carbocycles. The number of nitrogens with one attached hydrogen (secondary N) is 1. The summed E-state index contributed by atoms with van der Waals surface area (Å²) in [7, 11) is -1.77. The van der Waals surface area contributed by atoms with Gasteiger partial charge in [0, 0.05) is 19.6 Å². The van der Waals surface area contributed by atoms with Crippen molar-refractivity contribution < 1.29 is 8.42 Å². The highest BCUT2D eigenvalue weighted by Crippen LogP contribution is 2.17. The van der Waals surface area contributed by atoms with Gasteiger partial charge in [-0.15, -0.1) is 0 Å². The minimum absolute atomic E-state index is 0.0487. The van der Waals surface area contributed by atoms with Gasteiger partial charge in [0.25, 0.3) is 0 Å². The molecule has 0 bridgehead atoms. The molecule has 20 heavy (non-hydrogen) atoms. The average Bonchev–Trinajstić information content (AvgIpc) is 2.37. The van der Waals surface area contributed by atoms with Crippen molar-refractivity contribution in [1.82, 2.24) is 9.62 Å². The van der Waals surface area contributed by atoms with E-state index in [1.54, 1.807) is 19.2 Å². The molecular formula is C15H26N2O2S. The number of nitrogens with zero attached hydrogens (tertiary/aromatic N) is 1. The molecule has 1 rings (SSSR count). The van der Waals surface area contributed by atoms with E-state index >= 15 is 0 Å². The summed E-state index contributed by atoms with van der Waals surface area (Å²) in [4.78, 5) is 0.348. The molecule has 0 heterocycles. The van der Waals surface area contributed by atoms with Gasteiger partial charge in [0.15, 0.2) is 0 Å². The number of hydrogen-bond donors (Lipinski definition) is 1. The molecule has 5 heteroatoms. The summed E-state index contributed by atoms with van der Waals surface area (Å²) in [6, 6.07) is 7.05. The monoisotopic (exact) mass is 298 g/mol. The van der Waals surface area contributed by atoms with Crippen LogP contribution in [0.2, 0.25) is 0 Å². The first-order valence-electron chi connectivity index (χ1n) is 7.03. The van der Waals surface area contributed by atoms with Crippen molar-refractivity contribution in [3.63, 3.8) is 0 Å². The summed E-state index contributed by atoms with van der Waals surface area (Å²) in [6.45, 7) is 9.76. The molecule has 0 unspecified atom stereocenters. The quantitative estimate of drug-likeness (QED) is 0.841. The van der Waals surface area contributed by atoms with Crippen molar-refractivity contribution in [3.8, 4) is 0 Å². The van der Waals surface area contributed by atoms with Gasteiger partial charge < -0.3 is 5.32 Å². The second-order valence-electron chi connectivity index (χ2n) is 5.78. The maximum Gasteiger partial charge on any atom is 0.243 e. The SMILES string of the molecule is CC(C)CNCc1ccc(S(=O)(=O)N(C)C(C)C)cc1. The van der Waals surface area contributed by atoms with Crippen molar-refractivity contribution in [2.24, 2.45) is 5.92 Å². The highest BCUT2D eigenvalue weighted by molar-refractivity contribution is 7.89. The van der Waals surface area contributed by atoms with E-state index in [2.05, 4.69) is 19.2 Å². The second kappa shape index (κ2) is 7.20. The van der Waals surface area contributed by atoms with Gasteiger partial charge in [0.1, 0.15) is 0 Å². The highest BCUT2D eigenvalue weighted by Gasteiger charge is 2.22.